The Labute approximate surface area is 108 Å². The Morgan fingerprint density at radius 1 is 1.39 bits per heavy atom. The maximum absolute atomic E-state index is 11.9. The van der Waals surface area contributed by atoms with Gasteiger partial charge >= 0.3 is 0 Å². The van der Waals surface area contributed by atoms with Crippen LogP contribution in [0.1, 0.15) is 41.8 Å². The van der Waals surface area contributed by atoms with Crippen molar-refractivity contribution in [1.82, 2.24) is 0 Å². The summed E-state index contributed by atoms with van der Waals surface area (Å²) >= 11 is 0. The first-order valence-electron chi connectivity index (χ1n) is 6.47. The summed E-state index contributed by atoms with van der Waals surface area (Å²) in [5, 5.41) is 3.35. The lowest BCUT2D eigenvalue weighted by Crippen LogP contribution is -2.05. The van der Waals surface area contributed by atoms with Gasteiger partial charge in [-0.25, -0.2) is 0 Å². The lowest BCUT2D eigenvalue weighted by molar-refractivity contribution is 0.0988. The molecule has 1 heterocycles. The quantitative estimate of drug-likeness (QED) is 0.815. The molecule has 94 valence electrons. The van der Waals surface area contributed by atoms with E-state index in [4.69, 9.17) is 0 Å². The third-order valence-electron chi connectivity index (χ3n) is 3.29. The van der Waals surface area contributed by atoms with Crippen LogP contribution in [-0.2, 0) is 6.42 Å². The van der Waals surface area contributed by atoms with Crippen LogP contribution in [0.25, 0.3) is 5.57 Å². The third-order valence-corrected chi connectivity index (χ3v) is 3.29. The maximum atomic E-state index is 11.9. The second-order valence-corrected chi connectivity index (χ2v) is 4.50. The average molecular weight is 241 g/mol. The summed E-state index contributed by atoms with van der Waals surface area (Å²) in [6, 6.07) is 3.97. The first kappa shape index (κ1) is 12.6. The van der Waals surface area contributed by atoms with Gasteiger partial charge in [0, 0.05) is 29.8 Å². The molecule has 2 rings (SSSR count). The number of aryl methyl sites for hydroxylation is 1. The summed E-state index contributed by atoms with van der Waals surface area (Å²) in [6.45, 7) is 8.89. The van der Waals surface area contributed by atoms with Gasteiger partial charge in [0.1, 0.15) is 0 Å². The van der Waals surface area contributed by atoms with Crippen molar-refractivity contribution in [2.24, 2.45) is 0 Å². The van der Waals surface area contributed by atoms with Crippen LogP contribution in [0.4, 0.5) is 5.69 Å². The van der Waals surface area contributed by atoms with Crippen molar-refractivity contribution in [3.8, 4) is 0 Å². The number of allylic oxidation sites excluding steroid dienone is 2. The number of fused-ring (bicyclic) bond motifs is 1. The summed E-state index contributed by atoms with van der Waals surface area (Å²) in [6.07, 6.45) is 5.55. The molecule has 1 aliphatic rings. The van der Waals surface area contributed by atoms with E-state index in [0.717, 1.165) is 35.4 Å². The lowest BCUT2D eigenvalue weighted by Gasteiger charge is -2.15. The van der Waals surface area contributed by atoms with Crippen LogP contribution in [0.2, 0.25) is 0 Å². The highest BCUT2D eigenvalue weighted by atomic mass is 16.1. The monoisotopic (exact) mass is 241 g/mol. The van der Waals surface area contributed by atoms with Crippen LogP contribution >= 0.6 is 0 Å². The lowest BCUT2D eigenvalue weighted by atomic mass is 9.93. The maximum Gasteiger partial charge on any atom is 0.162 e. The van der Waals surface area contributed by atoms with E-state index in [0.29, 0.717) is 6.42 Å². The minimum atomic E-state index is 0.192. The molecule has 2 heteroatoms. The van der Waals surface area contributed by atoms with Crippen molar-refractivity contribution < 1.29 is 4.79 Å². The molecule has 18 heavy (non-hydrogen) atoms. The van der Waals surface area contributed by atoms with E-state index < -0.39 is 0 Å². The van der Waals surface area contributed by atoms with Gasteiger partial charge in [0.15, 0.2) is 5.78 Å². The van der Waals surface area contributed by atoms with E-state index in [1.807, 2.05) is 25.1 Å². The molecule has 1 aliphatic heterocycles. The molecule has 0 bridgehead atoms. The van der Waals surface area contributed by atoms with Crippen molar-refractivity contribution >= 4 is 17.0 Å². The van der Waals surface area contributed by atoms with Gasteiger partial charge < -0.3 is 5.32 Å². The molecule has 1 N–H and O–H groups in total. The van der Waals surface area contributed by atoms with E-state index in [-0.39, 0.29) is 5.78 Å². The molecule has 1 aromatic carbocycles. The molecule has 0 saturated carbocycles. The highest BCUT2D eigenvalue weighted by Crippen LogP contribution is 2.31. The Hall–Kier alpha value is -1.83. The normalized spacial score (nSPS) is 13.8. The summed E-state index contributed by atoms with van der Waals surface area (Å²) in [4.78, 5) is 11.9. The van der Waals surface area contributed by atoms with E-state index in [1.165, 1.54) is 5.56 Å². The number of nitrogens with one attached hydrogen (secondary N) is 1. The smallest absolute Gasteiger partial charge is 0.162 e. The van der Waals surface area contributed by atoms with Gasteiger partial charge in [-0.15, -0.1) is 0 Å². The highest BCUT2D eigenvalue weighted by molar-refractivity contribution is 5.98. The van der Waals surface area contributed by atoms with Crippen molar-refractivity contribution in [1.29, 1.82) is 0 Å². The van der Waals surface area contributed by atoms with Gasteiger partial charge in [-0.1, -0.05) is 32.6 Å². The van der Waals surface area contributed by atoms with Crippen molar-refractivity contribution in [2.75, 3.05) is 11.9 Å². The number of hydrogen-bond acceptors (Lipinski definition) is 2. The topological polar surface area (TPSA) is 29.1 Å². The number of ketones is 1. The van der Waals surface area contributed by atoms with Gasteiger partial charge in [-0.2, -0.15) is 0 Å². The zero-order valence-electron chi connectivity index (χ0n) is 11.0. The SMILES string of the molecule is C=C1C=CCNc2cc(C(=O)CC)cc(CC)c21. The summed E-state index contributed by atoms with van der Waals surface area (Å²) in [5.74, 6) is 0.192. The van der Waals surface area contributed by atoms with E-state index in [1.54, 1.807) is 0 Å². The number of Topliss-reactive ketones (excluding diaryl/α,β-unsaturated/α-hetero) is 1. The van der Waals surface area contributed by atoms with Crippen molar-refractivity contribution in [2.45, 2.75) is 26.7 Å². The second-order valence-electron chi connectivity index (χ2n) is 4.50. The zero-order valence-corrected chi connectivity index (χ0v) is 11.0. The second kappa shape index (κ2) is 5.21. The predicted molar refractivity (Wildman–Crippen MR) is 77.1 cm³/mol. The van der Waals surface area contributed by atoms with E-state index in [9.17, 15) is 4.79 Å². The molecule has 0 spiro atoms. The summed E-state index contributed by atoms with van der Waals surface area (Å²) in [5.41, 5.74) is 5.19. The van der Waals surface area contributed by atoms with Crippen LogP contribution in [0.5, 0.6) is 0 Å². The highest BCUT2D eigenvalue weighted by Gasteiger charge is 2.15. The average Bonchev–Trinajstić information content (AvgIpc) is 2.59. The fraction of sp³-hybridized carbons (Fsp3) is 0.312. The van der Waals surface area contributed by atoms with E-state index in [2.05, 4.69) is 24.9 Å². The molecular weight excluding hydrogens is 222 g/mol. The molecule has 0 aliphatic carbocycles. The molecule has 0 atom stereocenters. The van der Waals surface area contributed by atoms with Crippen LogP contribution in [-0.4, -0.2) is 12.3 Å². The van der Waals surface area contributed by atoms with Crippen LogP contribution in [0, 0.1) is 0 Å². The zero-order chi connectivity index (χ0) is 13.1. The Balaban J connectivity index is 2.59. The van der Waals surface area contributed by atoms with Crippen LogP contribution < -0.4 is 5.32 Å². The molecule has 0 saturated heterocycles. The number of carbonyl (C=O) groups excluding carboxylic acids is 1. The summed E-state index contributed by atoms with van der Waals surface area (Å²) in [7, 11) is 0. The minimum absolute atomic E-state index is 0.192. The third kappa shape index (κ3) is 2.23. The largest absolute Gasteiger partial charge is 0.381 e. The van der Waals surface area contributed by atoms with Gasteiger partial charge in [-0.05, 0) is 29.7 Å². The fourth-order valence-electron chi connectivity index (χ4n) is 2.32. The molecule has 0 unspecified atom stereocenters. The van der Waals surface area contributed by atoms with Gasteiger partial charge in [0.25, 0.3) is 0 Å². The number of rotatable bonds is 3. The molecule has 0 fully saturated rings. The van der Waals surface area contributed by atoms with Gasteiger partial charge in [0.05, 0.1) is 0 Å². The molecule has 2 nitrogen and oxygen atoms in total. The molecule has 1 aromatic rings. The minimum Gasteiger partial charge on any atom is -0.381 e. The van der Waals surface area contributed by atoms with Gasteiger partial charge in [-0.3, -0.25) is 4.79 Å². The number of anilines is 1. The number of benzene rings is 1. The van der Waals surface area contributed by atoms with Crippen LogP contribution in [0.15, 0.2) is 30.9 Å². The first-order chi connectivity index (χ1) is 8.67. The number of carbonyl (C=O) groups is 1. The fourth-order valence-corrected chi connectivity index (χ4v) is 2.32. The van der Waals surface area contributed by atoms with Crippen molar-refractivity contribution in [3.63, 3.8) is 0 Å². The van der Waals surface area contributed by atoms with Crippen LogP contribution in [0.3, 0.4) is 0 Å². The molecule has 0 amide bonds. The molecule has 0 radical (unpaired) electrons. The standard InChI is InChI=1S/C16H19NO/c1-4-12-9-13(15(18)5-2)10-14-16(12)11(3)7-6-8-17-14/h6-7,9-10,17H,3-5,8H2,1-2H3. The van der Waals surface area contributed by atoms with E-state index >= 15 is 0 Å². The Morgan fingerprint density at radius 3 is 2.83 bits per heavy atom. The Bertz CT molecular complexity index is 526. The number of hydrogen-bond donors (Lipinski definition) is 1. The Kier molecular flexibility index (Phi) is 3.66. The van der Waals surface area contributed by atoms with Crippen molar-refractivity contribution in [3.05, 3.63) is 47.6 Å². The molecule has 0 aromatic heterocycles. The predicted octanol–water partition coefficient (Wildman–Crippen LogP) is 3.84. The molecular formula is C16H19NO. The first-order valence-corrected chi connectivity index (χ1v) is 6.47. The summed E-state index contributed by atoms with van der Waals surface area (Å²) < 4.78 is 0. The Morgan fingerprint density at radius 2 is 2.17 bits per heavy atom. The van der Waals surface area contributed by atoms with Gasteiger partial charge in [0.2, 0.25) is 0 Å².